The van der Waals surface area contributed by atoms with Gasteiger partial charge in [-0.15, -0.1) is 0 Å². The molecule has 2 aromatic heterocycles. The summed E-state index contributed by atoms with van der Waals surface area (Å²) in [7, 11) is 1.47. The van der Waals surface area contributed by atoms with Gasteiger partial charge >= 0.3 is 5.69 Å². The number of hydrogen-bond acceptors (Lipinski definition) is 6. The SMILES string of the molecule is COc1ccc([N+](=O)[O-])c(NCCCn2cccn2)n1. The molecule has 0 spiro atoms. The molecule has 0 radical (unpaired) electrons. The minimum Gasteiger partial charge on any atom is -0.481 e. The van der Waals surface area contributed by atoms with Gasteiger partial charge < -0.3 is 10.1 Å². The molecule has 8 nitrogen and oxygen atoms in total. The number of nitrogens with one attached hydrogen (secondary N) is 1. The number of nitrogens with zero attached hydrogens (tertiary/aromatic N) is 4. The molecule has 0 fully saturated rings. The quantitative estimate of drug-likeness (QED) is 0.470. The van der Waals surface area contributed by atoms with E-state index in [2.05, 4.69) is 15.4 Å². The number of rotatable bonds is 7. The second-order valence-electron chi connectivity index (χ2n) is 4.03. The molecule has 2 heterocycles. The Balaban J connectivity index is 1.95. The lowest BCUT2D eigenvalue weighted by atomic mass is 10.3. The predicted molar refractivity (Wildman–Crippen MR) is 72.8 cm³/mol. The first-order valence-electron chi connectivity index (χ1n) is 6.11. The van der Waals surface area contributed by atoms with Crippen LogP contribution in [0, 0.1) is 10.1 Å². The third kappa shape index (κ3) is 3.44. The molecule has 0 unspecified atom stereocenters. The maximum atomic E-state index is 10.9. The Kier molecular flexibility index (Phi) is 4.48. The molecule has 20 heavy (non-hydrogen) atoms. The van der Waals surface area contributed by atoms with Crippen LogP contribution in [-0.4, -0.2) is 33.3 Å². The Morgan fingerprint density at radius 1 is 1.50 bits per heavy atom. The maximum Gasteiger partial charge on any atom is 0.311 e. The van der Waals surface area contributed by atoms with Gasteiger partial charge in [0.1, 0.15) is 0 Å². The lowest BCUT2D eigenvalue weighted by molar-refractivity contribution is -0.384. The van der Waals surface area contributed by atoms with E-state index in [4.69, 9.17) is 4.74 Å². The van der Waals surface area contributed by atoms with E-state index in [1.807, 2.05) is 12.3 Å². The van der Waals surface area contributed by atoms with E-state index in [1.54, 1.807) is 10.9 Å². The van der Waals surface area contributed by atoms with Crippen LogP contribution >= 0.6 is 0 Å². The summed E-state index contributed by atoms with van der Waals surface area (Å²) in [4.78, 5) is 14.5. The molecule has 0 aliphatic rings. The van der Waals surface area contributed by atoms with Crippen molar-refractivity contribution >= 4 is 11.5 Å². The standard InChI is InChI=1S/C12H15N5O3/c1-20-11-5-4-10(17(18)19)12(15-11)13-6-2-8-16-9-3-7-14-16/h3-5,7,9H,2,6,8H2,1H3,(H,13,15). The molecule has 0 saturated heterocycles. The highest BCUT2D eigenvalue weighted by Crippen LogP contribution is 2.24. The van der Waals surface area contributed by atoms with Crippen molar-refractivity contribution in [2.75, 3.05) is 19.0 Å². The average molecular weight is 277 g/mol. The first-order valence-corrected chi connectivity index (χ1v) is 6.11. The van der Waals surface area contributed by atoms with Crippen LogP contribution < -0.4 is 10.1 Å². The lowest BCUT2D eigenvalue weighted by Crippen LogP contribution is -2.10. The van der Waals surface area contributed by atoms with Crippen molar-refractivity contribution in [2.45, 2.75) is 13.0 Å². The van der Waals surface area contributed by atoms with E-state index >= 15 is 0 Å². The molecule has 0 aliphatic carbocycles. The van der Waals surface area contributed by atoms with E-state index in [9.17, 15) is 10.1 Å². The van der Waals surface area contributed by atoms with Gasteiger partial charge in [-0.3, -0.25) is 14.8 Å². The maximum absolute atomic E-state index is 10.9. The summed E-state index contributed by atoms with van der Waals surface area (Å²) < 4.78 is 6.77. The summed E-state index contributed by atoms with van der Waals surface area (Å²) in [5, 5.41) is 17.9. The second-order valence-corrected chi connectivity index (χ2v) is 4.03. The second kappa shape index (κ2) is 6.50. The summed E-state index contributed by atoms with van der Waals surface area (Å²) in [6.07, 6.45) is 4.35. The number of anilines is 1. The number of aryl methyl sites for hydroxylation is 1. The smallest absolute Gasteiger partial charge is 0.311 e. The first kappa shape index (κ1) is 13.8. The van der Waals surface area contributed by atoms with E-state index < -0.39 is 4.92 Å². The minimum atomic E-state index is -0.470. The van der Waals surface area contributed by atoms with Crippen molar-refractivity contribution in [2.24, 2.45) is 0 Å². The Bertz CT molecular complexity index is 570. The van der Waals surface area contributed by atoms with Crippen molar-refractivity contribution in [3.63, 3.8) is 0 Å². The topological polar surface area (TPSA) is 95.1 Å². The van der Waals surface area contributed by atoms with Crippen molar-refractivity contribution < 1.29 is 9.66 Å². The van der Waals surface area contributed by atoms with Crippen molar-refractivity contribution in [3.8, 4) is 5.88 Å². The molecule has 2 aromatic rings. The fourth-order valence-electron chi connectivity index (χ4n) is 1.71. The average Bonchev–Trinajstić information content (AvgIpc) is 2.96. The van der Waals surface area contributed by atoms with Crippen LogP contribution in [0.2, 0.25) is 0 Å². The minimum absolute atomic E-state index is 0.0649. The van der Waals surface area contributed by atoms with Crippen LogP contribution in [0.15, 0.2) is 30.6 Å². The van der Waals surface area contributed by atoms with Crippen LogP contribution in [0.4, 0.5) is 11.5 Å². The van der Waals surface area contributed by atoms with Crippen LogP contribution in [0.3, 0.4) is 0 Å². The normalized spacial score (nSPS) is 10.2. The Morgan fingerprint density at radius 2 is 2.35 bits per heavy atom. The van der Waals surface area contributed by atoms with Gasteiger partial charge in [-0.25, -0.2) is 0 Å². The summed E-state index contributed by atoms with van der Waals surface area (Å²) in [5.74, 6) is 0.556. The van der Waals surface area contributed by atoms with E-state index in [1.165, 1.54) is 19.2 Å². The summed E-state index contributed by atoms with van der Waals surface area (Å²) in [6.45, 7) is 1.29. The van der Waals surface area contributed by atoms with Crippen molar-refractivity contribution in [1.82, 2.24) is 14.8 Å². The number of nitro groups is 1. The molecule has 106 valence electrons. The third-order valence-corrected chi connectivity index (χ3v) is 2.67. The van der Waals surface area contributed by atoms with Gasteiger partial charge in [0.2, 0.25) is 11.7 Å². The molecule has 0 bridgehead atoms. The van der Waals surface area contributed by atoms with Gasteiger partial charge in [0.25, 0.3) is 0 Å². The monoisotopic (exact) mass is 277 g/mol. The van der Waals surface area contributed by atoms with Crippen molar-refractivity contribution in [1.29, 1.82) is 0 Å². The van der Waals surface area contributed by atoms with Gasteiger partial charge in [-0.1, -0.05) is 0 Å². The van der Waals surface area contributed by atoms with Crippen LogP contribution in [0.1, 0.15) is 6.42 Å². The van der Waals surface area contributed by atoms with Gasteiger partial charge in [-0.2, -0.15) is 10.1 Å². The number of methoxy groups -OCH3 is 1. The largest absolute Gasteiger partial charge is 0.481 e. The zero-order valence-electron chi connectivity index (χ0n) is 11.0. The molecule has 0 amide bonds. The highest BCUT2D eigenvalue weighted by atomic mass is 16.6. The third-order valence-electron chi connectivity index (χ3n) is 2.67. The lowest BCUT2D eigenvalue weighted by Gasteiger charge is -2.07. The first-order chi connectivity index (χ1) is 9.70. The van der Waals surface area contributed by atoms with Crippen LogP contribution in [0.25, 0.3) is 0 Å². The highest BCUT2D eigenvalue weighted by Gasteiger charge is 2.15. The summed E-state index contributed by atoms with van der Waals surface area (Å²) in [5.41, 5.74) is -0.0649. The summed E-state index contributed by atoms with van der Waals surface area (Å²) >= 11 is 0. The predicted octanol–water partition coefficient (Wildman–Crippen LogP) is 1.70. The van der Waals surface area contributed by atoms with Gasteiger partial charge in [0, 0.05) is 37.6 Å². The van der Waals surface area contributed by atoms with Crippen LogP contribution in [-0.2, 0) is 6.54 Å². The van der Waals surface area contributed by atoms with Gasteiger partial charge in [0.15, 0.2) is 0 Å². The molecule has 2 rings (SSSR count). The molecular weight excluding hydrogens is 262 g/mol. The number of ether oxygens (including phenoxy) is 1. The molecule has 8 heteroatoms. The molecule has 0 saturated carbocycles. The van der Waals surface area contributed by atoms with E-state index in [-0.39, 0.29) is 11.5 Å². The van der Waals surface area contributed by atoms with Gasteiger partial charge in [-0.05, 0) is 12.5 Å². The Labute approximate surface area is 115 Å². The number of hydrogen-bond donors (Lipinski definition) is 1. The molecule has 0 aliphatic heterocycles. The summed E-state index contributed by atoms with van der Waals surface area (Å²) in [6, 6.07) is 4.69. The fraction of sp³-hybridized carbons (Fsp3) is 0.333. The Hall–Kier alpha value is -2.64. The highest BCUT2D eigenvalue weighted by molar-refractivity contribution is 5.56. The molecule has 1 N–H and O–H groups in total. The fourth-order valence-corrected chi connectivity index (χ4v) is 1.71. The van der Waals surface area contributed by atoms with Gasteiger partial charge in [0.05, 0.1) is 12.0 Å². The zero-order valence-corrected chi connectivity index (χ0v) is 11.0. The molecule has 0 aromatic carbocycles. The zero-order chi connectivity index (χ0) is 14.4. The van der Waals surface area contributed by atoms with E-state index in [0.29, 0.717) is 12.4 Å². The molecule has 0 atom stereocenters. The Morgan fingerprint density at radius 3 is 3.00 bits per heavy atom. The van der Waals surface area contributed by atoms with Crippen LogP contribution in [0.5, 0.6) is 5.88 Å². The van der Waals surface area contributed by atoms with E-state index in [0.717, 1.165) is 13.0 Å². The molecular formula is C12H15N5O3. The number of pyridine rings is 1. The van der Waals surface area contributed by atoms with Crippen molar-refractivity contribution in [3.05, 3.63) is 40.7 Å². The number of aromatic nitrogens is 3.